The predicted molar refractivity (Wildman–Crippen MR) is 77.8 cm³/mol. The van der Waals surface area contributed by atoms with Crippen LogP contribution < -0.4 is 5.11 Å². The van der Waals surface area contributed by atoms with Crippen molar-refractivity contribution >= 4 is 17.5 Å². The lowest BCUT2D eigenvalue weighted by Crippen LogP contribution is -2.41. The molecule has 0 amide bonds. The van der Waals surface area contributed by atoms with Gasteiger partial charge in [-0.1, -0.05) is 44.2 Å². The van der Waals surface area contributed by atoms with Crippen LogP contribution in [0.3, 0.4) is 0 Å². The predicted octanol–water partition coefficient (Wildman–Crippen LogP) is 1.49. The number of rotatable bonds is 2. The highest BCUT2D eigenvalue weighted by Crippen LogP contribution is 2.31. The third-order valence-corrected chi connectivity index (χ3v) is 4.16. The molecule has 0 atom stereocenters. The lowest BCUT2D eigenvalue weighted by Gasteiger charge is -2.28. The van der Waals surface area contributed by atoms with Crippen molar-refractivity contribution in [3.05, 3.63) is 70.3 Å². The van der Waals surface area contributed by atoms with Crippen molar-refractivity contribution in [2.24, 2.45) is 0 Å². The van der Waals surface area contributed by atoms with Gasteiger partial charge in [-0.3, -0.25) is 9.59 Å². The van der Waals surface area contributed by atoms with Crippen molar-refractivity contribution < 1.29 is 19.5 Å². The minimum atomic E-state index is -1.24. The fourth-order valence-electron chi connectivity index (χ4n) is 2.61. The SMILES string of the molecule is CC(C)(C(=O)[O-])c1ccc2c(c1)C(=O)c1ccccc1C2=O. The summed E-state index contributed by atoms with van der Waals surface area (Å²) in [5, 5.41) is 11.3. The van der Waals surface area contributed by atoms with E-state index in [9.17, 15) is 19.5 Å². The number of hydrogen-bond donors (Lipinski definition) is 0. The third-order valence-electron chi connectivity index (χ3n) is 4.16. The molecule has 1 aliphatic rings. The summed E-state index contributed by atoms with van der Waals surface area (Å²) in [5.74, 6) is -1.72. The van der Waals surface area contributed by atoms with Gasteiger partial charge in [0, 0.05) is 27.7 Å². The monoisotopic (exact) mass is 293 g/mol. The van der Waals surface area contributed by atoms with Crippen LogP contribution in [0.5, 0.6) is 0 Å². The van der Waals surface area contributed by atoms with Crippen molar-refractivity contribution in [2.45, 2.75) is 19.3 Å². The molecule has 22 heavy (non-hydrogen) atoms. The molecule has 0 aromatic heterocycles. The average Bonchev–Trinajstić information content (AvgIpc) is 2.52. The summed E-state index contributed by atoms with van der Waals surface area (Å²) < 4.78 is 0. The van der Waals surface area contributed by atoms with Gasteiger partial charge >= 0.3 is 0 Å². The van der Waals surface area contributed by atoms with Crippen molar-refractivity contribution in [1.29, 1.82) is 0 Å². The molecule has 110 valence electrons. The van der Waals surface area contributed by atoms with Crippen LogP contribution in [0, 0.1) is 0 Å². The van der Waals surface area contributed by atoms with Gasteiger partial charge in [0.25, 0.3) is 0 Å². The number of aliphatic carboxylic acids is 1. The third kappa shape index (κ3) is 1.88. The molecular weight excluding hydrogens is 280 g/mol. The van der Waals surface area contributed by atoms with Crippen LogP contribution in [0.2, 0.25) is 0 Å². The van der Waals surface area contributed by atoms with Crippen LogP contribution in [0.1, 0.15) is 51.3 Å². The summed E-state index contributed by atoms with van der Waals surface area (Å²) in [6.45, 7) is 3.01. The first kappa shape index (κ1) is 14.2. The fourth-order valence-corrected chi connectivity index (χ4v) is 2.61. The van der Waals surface area contributed by atoms with E-state index in [0.29, 0.717) is 22.3 Å². The van der Waals surface area contributed by atoms with Crippen molar-refractivity contribution in [1.82, 2.24) is 0 Å². The van der Waals surface area contributed by atoms with E-state index in [4.69, 9.17) is 0 Å². The molecular formula is C18H13O4-. The van der Waals surface area contributed by atoms with E-state index in [0.717, 1.165) is 0 Å². The van der Waals surface area contributed by atoms with Gasteiger partial charge in [0.15, 0.2) is 11.6 Å². The number of carboxylic acid groups (broad SMARTS) is 1. The van der Waals surface area contributed by atoms with E-state index < -0.39 is 11.4 Å². The average molecular weight is 293 g/mol. The summed E-state index contributed by atoms with van der Waals surface area (Å²) in [7, 11) is 0. The number of carboxylic acids is 1. The smallest absolute Gasteiger partial charge is 0.194 e. The van der Waals surface area contributed by atoms with E-state index in [2.05, 4.69) is 0 Å². The minimum Gasteiger partial charge on any atom is -0.549 e. The molecule has 0 saturated carbocycles. The molecule has 0 fully saturated rings. The Morgan fingerprint density at radius 3 is 1.91 bits per heavy atom. The highest BCUT2D eigenvalue weighted by Gasteiger charge is 2.31. The second-order valence-electron chi connectivity index (χ2n) is 5.88. The van der Waals surface area contributed by atoms with Crippen LogP contribution in [0.15, 0.2) is 42.5 Å². The van der Waals surface area contributed by atoms with Gasteiger partial charge in [-0.15, -0.1) is 0 Å². The van der Waals surface area contributed by atoms with Gasteiger partial charge in [0.05, 0.1) is 5.97 Å². The molecule has 0 heterocycles. The first-order valence-electron chi connectivity index (χ1n) is 6.88. The van der Waals surface area contributed by atoms with E-state index in [1.807, 2.05) is 0 Å². The number of fused-ring (bicyclic) bond motifs is 2. The van der Waals surface area contributed by atoms with Crippen molar-refractivity contribution in [3.8, 4) is 0 Å². The number of benzene rings is 2. The van der Waals surface area contributed by atoms with E-state index in [1.165, 1.54) is 26.0 Å². The maximum atomic E-state index is 12.6. The van der Waals surface area contributed by atoms with Gasteiger partial charge in [0.1, 0.15) is 0 Å². The zero-order valence-electron chi connectivity index (χ0n) is 12.2. The molecule has 3 rings (SSSR count). The Kier molecular flexibility index (Phi) is 2.99. The molecule has 4 nitrogen and oxygen atoms in total. The van der Waals surface area contributed by atoms with Gasteiger partial charge in [-0.05, 0) is 17.7 Å². The Hall–Kier alpha value is -2.75. The van der Waals surface area contributed by atoms with Gasteiger partial charge < -0.3 is 9.90 Å². The standard InChI is InChI=1S/C18H14O4/c1-18(2,17(21)22)10-7-8-13-14(9-10)16(20)12-6-4-3-5-11(12)15(13)19/h3-9H,1-2H3,(H,21,22)/p-1. The highest BCUT2D eigenvalue weighted by atomic mass is 16.4. The molecule has 0 spiro atoms. The Labute approximate surface area is 127 Å². The topological polar surface area (TPSA) is 74.3 Å². The van der Waals surface area contributed by atoms with Crippen LogP contribution in [0.4, 0.5) is 0 Å². The first-order chi connectivity index (χ1) is 10.3. The molecule has 4 heteroatoms. The van der Waals surface area contributed by atoms with Gasteiger partial charge in [-0.2, -0.15) is 0 Å². The molecule has 1 aliphatic carbocycles. The first-order valence-corrected chi connectivity index (χ1v) is 6.88. The van der Waals surface area contributed by atoms with Crippen LogP contribution in [-0.2, 0) is 10.2 Å². The van der Waals surface area contributed by atoms with E-state index in [1.54, 1.807) is 30.3 Å². The molecule has 2 aromatic carbocycles. The maximum absolute atomic E-state index is 12.6. The molecule has 0 bridgehead atoms. The van der Waals surface area contributed by atoms with Crippen LogP contribution >= 0.6 is 0 Å². The quantitative estimate of drug-likeness (QED) is 0.717. The molecule has 0 aliphatic heterocycles. The minimum absolute atomic E-state index is 0.219. The van der Waals surface area contributed by atoms with E-state index >= 15 is 0 Å². The van der Waals surface area contributed by atoms with Crippen molar-refractivity contribution in [3.63, 3.8) is 0 Å². The molecule has 0 saturated heterocycles. The molecule has 0 unspecified atom stereocenters. The Morgan fingerprint density at radius 2 is 1.36 bits per heavy atom. The maximum Gasteiger partial charge on any atom is 0.194 e. The summed E-state index contributed by atoms with van der Waals surface area (Å²) >= 11 is 0. The summed E-state index contributed by atoms with van der Waals surface area (Å²) in [4.78, 5) is 36.3. The molecule has 2 aromatic rings. The molecule has 0 N–H and O–H groups in total. The van der Waals surface area contributed by atoms with Crippen molar-refractivity contribution in [2.75, 3.05) is 0 Å². The largest absolute Gasteiger partial charge is 0.549 e. The second-order valence-corrected chi connectivity index (χ2v) is 5.88. The van der Waals surface area contributed by atoms with Gasteiger partial charge in [0.2, 0.25) is 0 Å². The Morgan fingerprint density at radius 1 is 0.864 bits per heavy atom. The summed E-state index contributed by atoms with van der Waals surface area (Å²) in [5.41, 5.74) is 0.481. The molecule has 0 radical (unpaired) electrons. The second kappa shape index (κ2) is 4.63. The normalized spacial score (nSPS) is 13.5. The van der Waals surface area contributed by atoms with Crippen LogP contribution in [-0.4, -0.2) is 17.5 Å². The van der Waals surface area contributed by atoms with E-state index in [-0.39, 0.29) is 17.1 Å². The number of hydrogen-bond acceptors (Lipinski definition) is 4. The number of ketones is 2. The van der Waals surface area contributed by atoms with Gasteiger partial charge in [-0.25, -0.2) is 0 Å². The Bertz CT molecular complexity index is 831. The Balaban J connectivity index is 2.20. The summed E-state index contributed by atoms with van der Waals surface area (Å²) in [6, 6.07) is 11.2. The lowest BCUT2D eigenvalue weighted by molar-refractivity contribution is -0.312. The lowest BCUT2D eigenvalue weighted by atomic mass is 9.78. The fraction of sp³-hybridized carbons (Fsp3) is 0.167. The zero-order chi connectivity index (χ0) is 16.1. The van der Waals surface area contributed by atoms with Crippen LogP contribution in [0.25, 0.3) is 0 Å². The number of carbonyl (C=O) groups is 3. The highest BCUT2D eigenvalue weighted by molar-refractivity contribution is 6.28. The number of carbonyl (C=O) groups excluding carboxylic acids is 3. The zero-order valence-corrected chi connectivity index (χ0v) is 12.2. The summed E-state index contributed by atoms with van der Waals surface area (Å²) in [6.07, 6.45) is 0.